The number of fused-ring (bicyclic) bond motifs is 2. The number of benzene rings is 1. The fourth-order valence-corrected chi connectivity index (χ4v) is 5.43. The van der Waals surface area contributed by atoms with Crippen LogP contribution in [-0.2, 0) is 6.54 Å². The van der Waals surface area contributed by atoms with E-state index < -0.39 is 0 Å². The van der Waals surface area contributed by atoms with Crippen molar-refractivity contribution in [2.24, 2.45) is 0 Å². The molecule has 1 aliphatic heterocycles. The molecule has 1 fully saturated rings. The van der Waals surface area contributed by atoms with Crippen LogP contribution >= 0.6 is 11.3 Å². The molecule has 4 aromatic rings. The minimum atomic E-state index is -0.253. The maximum Gasteiger partial charge on any atom is 0.152 e. The van der Waals surface area contributed by atoms with E-state index in [1.165, 1.54) is 6.33 Å². The maximum absolute atomic E-state index is 9.93. The van der Waals surface area contributed by atoms with Crippen LogP contribution < -0.4 is 10.5 Å². The van der Waals surface area contributed by atoms with Gasteiger partial charge in [0.1, 0.15) is 17.6 Å². The van der Waals surface area contributed by atoms with Crippen molar-refractivity contribution >= 4 is 32.8 Å². The quantitative estimate of drug-likeness (QED) is 0.538. The molecule has 8 heteroatoms. The van der Waals surface area contributed by atoms with Crippen molar-refractivity contribution in [1.29, 1.82) is 0 Å². The van der Waals surface area contributed by atoms with Crippen LogP contribution in [0.5, 0.6) is 5.75 Å². The third kappa shape index (κ3) is 3.13. The standard InChI is InChI=1S/C21H23N5O2S/c1-12-5-13-7-17(29-20(13)16(6-12)28-2)18-14(8-25-4-3-15(27)10-25)9-26-19(18)21(22)23-11-24-26/h5-7,9,11,15,27H,3-4,8,10H2,1-2H3,(H2,22,23,24). The lowest BCUT2D eigenvalue weighted by atomic mass is 10.1. The molecule has 1 unspecified atom stereocenters. The molecule has 150 valence electrons. The second kappa shape index (κ2) is 6.98. The molecule has 0 bridgehead atoms. The summed E-state index contributed by atoms with van der Waals surface area (Å²) in [7, 11) is 1.71. The zero-order valence-corrected chi connectivity index (χ0v) is 17.2. The number of β-amino-alcohol motifs (C(OH)–C–C–N with tert-alkyl or cyclic N) is 1. The average Bonchev–Trinajstić information content (AvgIpc) is 3.38. The predicted octanol–water partition coefficient (Wildman–Crippen LogP) is 3.08. The van der Waals surface area contributed by atoms with E-state index in [1.807, 2.05) is 10.7 Å². The van der Waals surface area contributed by atoms with E-state index in [4.69, 9.17) is 10.5 Å². The smallest absolute Gasteiger partial charge is 0.152 e. The second-order valence-electron chi connectivity index (χ2n) is 7.64. The topological polar surface area (TPSA) is 88.9 Å². The minimum Gasteiger partial charge on any atom is -0.495 e. The van der Waals surface area contributed by atoms with Gasteiger partial charge in [0.15, 0.2) is 5.82 Å². The van der Waals surface area contributed by atoms with E-state index in [-0.39, 0.29) is 6.10 Å². The molecular weight excluding hydrogens is 386 g/mol. The summed E-state index contributed by atoms with van der Waals surface area (Å²) in [4.78, 5) is 7.61. The number of nitrogens with two attached hydrogens (primary N) is 1. The highest BCUT2D eigenvalue weighted by molar-refractivity contribution is 7.22. The minimum absolute atomic E-state index is 0.253. The number of nitrogens with zero attached hydrogens (tertiary/aromatic N) is 4. The molecule has 7 nitrogen and oxygen atoms in total. The Morgan fingerprint density at radius 3 is 2.97 bits per heavy atom. The van der Waals surface area contributed by atoms with Crippen LogP contribution in [0, 0.1) is 6.92 Å². The van der Waals surface area contributed by atoms with Crippen LogP contribution in [0.3, 0.4) is 0 Å². The number of ether oxygens (including phenoxy) is 1. The molecule has 1 aromatic carbocycles. The lowest BCUT2D eigenvalue weighted by molar-refractivity contribution is 0.175. The van der Waals surface area contributed by atoms with Gasteiger partial charge in [-0.1, -0.05) is 6.07 Å². The molecule has 5 rings (SSSR count). The Morgan fingerprint density at radius 1 is 1.34 bits per heavy atom. The molecular formula is C21H23N5O2S. The van der Waals surface area contributed by atoms with E-state index in [0.29, 0.717) is 12.4 Å². The number of anilines is 1. The SMILES string of the molecule is COc1cc(C)cc2cc(-c3c(CN4CCC(O)C4)cn4ncnc(N)c34)sc12. The highest BCUT2D eigenvalue weighted by atomic mass is 32.1. The third-order valence-corrected chi connectivity index (χ3v) is 6.70. The molecule has 1 aliphatic rings. The van der Waals surface area contributed by atoms with E-state index in [9.17, 15) is 5.11 Å². The van der Waals surface area contributed by atoms with Gasteiger partial charge in [0.05, 0.1) is 17.9 Å². The molecule has 29 heavy (non-hydrogen) atoms. The van der Waals surface area contributed by atoms with Gasteiger partial charge < -0.3 is 15.6 Å². The lowest BCUT2D eigenvalue weighted by Crippen LogP contribution is -2.21. The Hall–Kier alpha value is -2.68. The van der Waals surface area contributed by atoms with Crippen LogP contribution in [0.1, 0.15) is 17.5 Å². The largest absolute Gasteiger partial charge is 0.495 e. The first-order valence-electron chi connectivity index (χ1n) is 9.63. The number of aromatic nitrogens is 3. The molecule has 1 atom stereocenters. The molecule has 1 saturated heterocycles. The zero-order valence-electron chi connectivity index (χ0n) is 16.4. The van der Waals surface area contributed by atoms with Gasteiger partial charge in [-0.15, -0.1) is 11.3 Å². The molecule has 3 aromatic heterocycles. The van der Waals surface area contributed by atoms with Gasteiger partial charge in [-0.05, 0) is 42.0 Å². The fraction of sp³-hybridized carbons (Fsp3) is 0.333. The molecule has 0 saturated carbocycles. The van der Waals surface area contributed by atoms with Crippen molar-refractivity contribution in [3.8, 4) is 16.2 Å². The summed E-state index contributed by atoms with van der Waals surface area (Å²) in [5.41, 5.74) is 10.4. The number of methoxy groups -OCH3 is 1. The predicted molar refractivity (Wildman–Crippen MR) is 115 cm³/mol. The van der Waals surface area contributed by atoms with Gasteiger partial charge in [0.2, 0.25) is 0 Å². The summed E-state index contributed by atoms with van der Waals surface area (Å²) in [5, 5.41) is 15.5. The Morgan fingerprint density at radius 2 is 2.21 bits per heavy atom. The van der Waals surface area contributed by atoms with Crippen LogP contribution in [0.15, 0.2) is 30.7 Å². The number of aryl methyl sites for hydroxylation is 1. The van der Waals surface area contributed by atoms with Crippen LogP contribution in [0.4, 0.5) is 5.82 Å². The number of thiophene rings is 1. The number of hydrogen-bond acceptors (Lipinski definition) is 7. The first-order chi connectivity index (χ1) is 14.0. The monoisotopic (exact) mass is 409 g/mol. The fourth-order valence-electron chi connectivity index (χ4n) is 4.22. The first kappa shape index (κ1) is 18.4. The summed E-state index contributed by atoms with van der Waals surface area (Å²) in [5.74, 6) is 1.34. The lowest BCUT2D eigenvalue weighted by Gasteiger charge is -2.14. The van der Waals surface area contributed by atoms with E-state index in [0.717, 1.165) is 62.4 Å². The molecule has 4 heterocycles. The molecule has 3 N–H and O–H groups in total. The number of rotatable bonds is 4. The number of nitrogen functional groups attached to an aromatic ring is 1. The van der Waals surface area contributed by atoms with E-state index in [1.54, 1.807) is 18.4 Å². The van der Waals surface area contributed by atoms with E-state index in [2.05, 4.69) is 40.1 Å². The number of aliphatic hydroxyl groups is 1. The van der Waals surface area contributed by atoms with Crippen LogP contribution in [0.2, 0.25) is 0 Å². The molecule has 0 radical (unpaired) electrons. The summed E-state index contributed by atoms with van der Waals surface area (Å²) in [6.07, 6.45) is 4.06. The first-order valence-corrected chi connectivity index (χ1v) is 10.4. The summed E-state index contributed by atoms with van der Waals surface area (Å²) < 4.78 is 8.55. The van der Waals surface area contributed by atoms with Gasteiger partial charge in [0, 0.05) is 36.3 Å². The Balaban J connectivity index is 1.70. The van der Waals surface area contributed by atoms with Gasteiger partial charge in [-0.25, -0.2) is 9.50 Å². The molecule has 0 aliphatic carbocycles. The molecule has 0 spiro atoms. The number of aliphatic hydroxyl groups excluding tert-OH is 1. The van der Waals surface area contributed by atoms with Crippen LogP contribution in [-0.4, -0.2) is 50.9 Å². The van der Waals surface area contributed by atoms with Gasteiger partial charge in [-0.3, -0.25) is 4.90 Å². The Kier molecular flexibility index (Phi) is 4.42. The zero-order chi connectivity index (χ0) is 20.1. The highest BCUT2D eigenvalue weighted by Crippen LogP contribution is 2.43. The maximum atomic E-state index is 9.93. The van der Waals surface area contributed by atoms with Crippen molar-refractivity contribution in [2.45, 2.75) is 26.0 Å². The Bertz CT molecular complexity index is 1210. The normalized spacial score (nSPS) is 17.6. The van der Waals surface area contributed by atoms with Crippen molar-refractivity contribution in [3.05, 3.63) is 41.9 Å². The molecule has 0 amide bonds. The van der Waals surface area contributed by atoms with E-state index >= 15 is 0 Å². The van der Waals surface area contributed by atoms with Gasteiger partial charge in [-0.2, -0.15) is 5.10 Å². The summed E-state index contributed by atoms with van der Waals surface area (Å²) in [6, 6.07) is 6.43. The van der Waals surface area contributed by atoms with Crippen molar-refractivity contribution in [2.75, 3.05) is 25.9 Å². The van der Waals surface area contributed by atoms with Crippen molar-refractivity contribution in [1.82, 2.24) is 19.5 Å². The highest BCUT2D eigenvalue weighted by Gasteiger charge is 2.25. The van der Waals surface area contributed by atoms with Crippen molar-refractivity contribution in [3.63, 3.8) is 0 Å². The Labute approximate surface area is 172 Å². The number of hydrogen-bond donors (Lipinski definition) is 2. The number of likely N-dealkylation sites (tertiary alicyclic amines) is 1. The van der Waals surface area contributed by atoms with Crippen molar-refractivity contribution < 1.29 is 9.84 Å². The summed E-state index contributed by atoms with van der Waals surface area (Å²) in [6.45, 7) is 4.38. The van der Waals surface area contributed by atoms with Crippen LogP contribution in [0.25, 0.3) is 26.0 Å². The third-order valence-electron chi connectivity index (χ3n) is 5.51. The summed E-state index contributed by atoms with van der Waals surface area (Å²) >= 11 is 1.69. The average molecular weight is 410 g/mol. The second-order valence-corrected chi connectivity index (χ2v) is 8.69. The van der Waals surface area contributed by atoms with Gasteiger partial charge >= 0.3 is 0 Å². The van der Waals surface area contributed by atoms with Gasteiger partial charge in [0.25, 0.3) is 0 Å².